The Labute approximate surface area is 188 Å². The van der Waals surface area contributed by atoms with Gasteiger partial charge < -0.3 is 21.5 Å². The molecule has 162 valence electrons. The molecule has 1 aliphatic heterocycles. The van der Waals surface area contributed by atoms with Crippen molar-refractivity contribution < 1.29 is 9.13 Å². The van der Waals surface area contributed by atoms with Gasteiger partial charge in [-0.05, 0) is 60.1 Å². The molecule has 1 aromatic heterocycles. The molecule has 9 heteroatoms. The summed E-state index contributed by atoms with van der Waals surface area (Å²) in [4.78, 5) is 8.86. The van der Waals surface area contributed by atoms with Gasteiger partial charge >= 0.3 is 0 Å². The van der Waals surface area contributed by atoms with Crippen molar-refractivity contribution in [3.05, 3.63) is 70.8 Å². The summed E-state index contributed by atoms with van der Waals surface area (Å²) in [5.74, 6) is 0.192. The number of fused-ring (bicyclic) bond motifs is 3. The highest BCUT2D eigenvalue weighted by atomic mass is 79.9. The van der Waals surface area contributed by atoms with Crippen molar-refractivity contribution in [3.8, 4) is 5.75 Å². The second-order valence-electron chi connectivity index (χ2n) is 6.87. The van der Waals surface area contributed by atoms with E-state index in [-0.39, 0.29) is 10.4 Å². The lowest BCUT2D eigenvalue weighted by atomic mass is 9.98. The molecule has 0 fully saturated rings. The summed E-state index contributed by atoms with van der Waals surface area (Å²) in [6, 6.07) is 6.19. The van der Waals surface area contributed by atoms with Crippen LogP contribution in [0.4, 0.5) is 10.2 Å². The summed E-state index contributed by atoms with van der Waals surface area (Å²) in [6.45, 7) is 4.60. The fraction of sp³-hybridized carbons (Fsp3) is 0.227. The van der Waals surface area contributed by atoms with Gasteiger partial charge in [0.2, 0.25) is 0 Å². The maximum atomic E-state index is 14.1. The zero-order valence-electron chi connectivity index (χ0n) is 17.2. The molecule has 0 radical (unpaired) electrons. The minimum absolute atomic E-state index is 0.158. The van der Waals surface area contributed by atoms with E-state index in [9.17, 15) is 4.39 Å². The van der Waals surface area contributed by atoms with E-state index in [0.717, 1.165) is 5.57 Å². The monoisotopic (exact) mass is 486 g/mol. The Morgan fingerprint density at radius 1 is 1.45 bits per heavy atom. The first kappa shape index (κ1) is 22.5. The van der Waals surface area contributed by atoms with Crippen LogP contribution < -0.4 is 21.5 Å². The number of nitrogens with one attached hydrogen (secondary N) is 2. The number of benzene rings is 1. The van der Waals surface area contributed by atoms with Crippen LogP contribution in [0.5, 0.6) is 5.75 Å². The summed E-state index contributed by atoms with van der Waals surface area (Å²) in [6.07, 6.45) is 4.16. The number of pyridine rings is 1. The lowest BCUT2D eigenvalue weighted by molar-refractivity contribution is 0.226. The van der Waals surface area contributed by atoms with Crippen molar-refractivity contribution in [1.82, 2.24) is 10.3 Å². The third-order valence-electron chi connectivity index (χ3n) is 4.76. The molecular weight excluding hydrogens is 463 g/mol. The standard InChI is InChI=1S/C22H24BrFN6O/c1-3-28-21-13-6-19(22(27)30-10-13)31-12(2)17-7-15(24)4-5-16(17)18(8-20(23)26)29-11-14(21)9-25/h4-10,12,26,29H,3,11,25H2,1-2H3,(H2,27,30)/b14-9?,18-8-,26-20?,28-21?/t12-/m1/s1. The van der Waals surface area contributed by atoms with E-state index in [1.54, 1.807) is 31.3 Å². The van der Waals surface area contributed by atoms with Crippen LogP contribution in [0.2, 0.25) is 0 Å². The van der Waals surface area contributed by atoms with Crippen molar-refractivity contribution in [2.24, 2.45) is 10.7 Å². The third kappa shape index (κ3) is 5.11. The predicted molar refractivity (Wildman–Crippen MR) is 126 cm³/mol. The van der Waals surface area contributed by atoms with E-state index in [1.807, 2.05) is 6.92 Å². The molecular formula is C22H24BrFN6O. The highest BCUT2D eigenvalue weighted by molar-refractivity contribution is 9.18. The van der Waals surface area contributed by atoms with Crippen LogP contribution in [0.3, 0.4) is 0 Å². The minimum atomic E-state index is -0.546. The molecule has 0 aliphatic carbocycles. The number of anilines is 1. The average Bonchev–Trinajstić information content (AvgIpc) is 2.73. The first-order valence-electron chi connectivity index (χ1n) is 9.71. The Morgan fingerprint density at radius 2 is 2.23 bits per heavy atom. The molecule has 0 spiro atoms. The second kappa shape index (κ2) is 9.74. The van der Waals surface area contributed by atoms with Gasteiger partial charge in [-0.15, -0.1) is 0 Å². The largest absolute Gasteiger partial charge is 0.482 e. The van der Waals surface area contributed by atoms with Crippen molar-refractivity contribution in [1.29, 1.82) is 5.41 Å². The fourth-order valence-electron chi connectivity index (χ4n) is 3.35. The fourth-order valence-corrected chi connectivity index (χ4v) is 3.58. The number of aliphatic imine (C=N–C) groups is 1. The van der Waals surface area contributed by atoms with Gasteiger partial charge in [-0.1, -0.05) is 0 Å². The van der Waals surface area contributed by atoms with E-state index >= 15 is 0 Å². The maximum Gasteiger partial charge on any atom is 0.166 e. The van der Waals surface area contributed by atoms with Crippen LogP contribution in [0.15, 0.2) is 53.3 Å². The topological polar surface area (TPSA) is 122 Å². The van der Waals surface area contributed by atoms with Crippen molar-refractivity contribution in [2.75, 3.05) is 18.8 Å². The predicted octanol–water partition coefficient (Wildman–Crippen LogP) is 3.91. The van der Waals surface area contributed by atoms with Gasteiger partial charge in [0.05, 0.1) is 10.3 Å². The smallest absolute Gasteiger partial charge is 0.166 e. The maximum absolute atomic E-state index is 14.1. The number of nitrogen functional groups attached to an aromatic ring is 1. The molecule has 0 unspecified atom stereocenters. The van der Waals surface area contributed by atoms with Crippen LogP contribution in [0, 0.1) is 11.2 Å². The Morgan fingerprint density at radius 3 is 2.90 bits per heavy atom. The minimum Gasteiger partial charge on any atom is -0.482 e. The molecule has 1 atom stereocenters. The molecule has 2 heterocycles. The summed E-state index contributed by atoms with van der Waals surface area (Å²) in [5, 5.41) is 11.2. The zero-order chi connectivity index (χ0) is 22.5. The van der Waals surface area contributed by atoms with Crippen LogP contribution >= 0.6 is 15.9 Å². The molecule has 2 bridgehead atoms. The van der Waals surface area contributed by atoms with Gasteiger partial charge in [0.1, 0.15) is 11.9 Å². The molecule has 1 aliphatic rings. The molecule has 3 rings (SSSR count). The van der Waals surface area contributed by atoms with Crippen molar-refractivity contribution >= 4 is 37.8 Å². The van der Waals surface area contributed by atoms with Crippen LogP contribution in [-0.2, 0) is 0 Å². The van der Waals surface area contributed by atoms with E-state index in [0.29, 0.717) is 46.9 Å². The van der Waals surface area contributed by atoms with E-state index in [2.05, 4.69) is 31.2 Å². The Kier molecular flexibility index (Phi) is 7.06. The number of hydrogen-bond acceptors (Lipinski definition) is 7. The normalized spacial score (nSPS) is 20.4. The SMILES string of the molecule is CCN=C1C(=CN)CN/C(=C\C(=N)Br)c2ccc(F)cc2[C@@H](C)Oc2cc1cnc2N. The van der Waals surface area contributed by atoms with E-state index in [4.69, 9.17) is 21.6 Å². The van der Waals surface area contributed by atoms with Gasteiger partial charge in [0.25, 0.3) is 0 Å². The Balaban J connectivity index is 2.26. The number of allylic oxidation sites excluding steroid dienone is 1. The molecule has 0 saturated carbocycles. The number of aromatic nitrogens is 1. The summed E-state index contributed by atoms with van der Waals surface area (Å²) in [5.41, 5.74) is 16.0. The summed E-state index contributed by atoms with van der Waals surface area (Å²) < 4.78 is 20.4. The van der Waals surface area contributed by atoms with Gasteiger partial charge in [0, 0.05) is 53.4 Å². The number of nitrogens with zero attached hydrogens (tertiary/aromatic N) is 2. The number of ether oxygens (including phenoxy) is 1. The summed E-state index contributed by atoms with van der Waals surface area (Å²) in [7, 11) is 0. The number of rotatable bonds is 2. The lowest BCUT2D eigenvalue weighted by Gasteiger charge is -2.24. The van der Waals surface area contributed by atoms with E-state index < -0.39 is 11.9 Å². The molecule has 0 saturated heterocycles. The zero-order valence-corrected chi connectivity index (χ0v) is 18.8. The van der Waals surface area contributed by atoms with Gasteiger partial charge in [0.15, 0.2) is 11.6 Å². The van der Waals surface area contributed by atoms with Crippen molar-refractivity contribution in [2.45, 2.75) is 20.0 Å². The molecule has 1 aromatic carbocycles. The summed E-state index contributed by atoms with van der Waals surface area (Å²) >= 11 is 3.16. The average molecular weight is 487 g/mol. The van der Waals surface area contributed by atoms with Crippen molar-refractivity contribution in [3.63, 3.8) is 0 Å². The molecule has 6 N–H and O–H groups in total. The van der Waals surface area contributed by atoms with Gasteiger partial charge in [-0.25, -0.2) is 9.37 Å². The highest BCUT2D eigenvalue weighted by Crippen LogP contribution is 2.32. The number of halogens is 2. The first-order chi connectivity index (χ1) is 14.8. The first-order valence-corrected chi connectivity index (χ1v) is 10.5. The highest BCUT2D eigenvalue weighted by Gasteiger charge is 2.21. The van der Waals surface area contributed by atoms with Gasteiger partial charge in [-0.2, -0.15) is 0 Å². The lowest BCUT2D eigenvalue weighted by Crippen LogP contribution is -2.24. The van der Waals surface area contributed by atoms with Crippen LogP contribution in [0.25, 0.3) is 5.70 Å². The van der Waals surface area contributed by atoms with Crippen LogP contribution in [-0.4, -0.2) is 28.4 Å². The number of nitrogens with two attached hydrogens (primary N) is 2. The number of hydrogen-bond donors (Lipinski definition) is 4. The van der Waals surface area contributed by atoms with E-state index in [1.165, 1.54) is 18.3 Å². The molecule has 7 nitrogen and oxygen atoms in total. The van der Waals surface area contributed by atoms with Gasteiger partial charge in [-0.3, -0.25) is 10.4 Å². The quantitative estimate of drug-likeness (QED) is 0.479. The Bertz CT molecular complexity index is 1100. The third-order valence-corrected chi connectivity index (χ3v) is 4.99. The van der Waals surface area contributed by atoms with Crippen LogP contribution in [0.1, 0.15) is 36.6 Å². The molecule has 2 aromatic rings. The second-order valence-corrected chi connectivity index (χ2v) is 7.73. The Hall–Kier alpha value is -3.20. The molecule has 0 amide bonds. The molecule has 31 heavy (non-hydrogen) atoms.